The zero-order valence-corrected chi connectivity index (χ0v) is 15.0. The Kier molecular flexibility index (Phi) is 5.60. The lowest BCUT2D eigenvalue weighted by atomic mass is 9.91. The minimum absolute atomic E-state index is 0.0733. The van der Waals surface area contributed by atoms with E-state index >= 15 is 0 Å². The first-order chi connectivity index (χ1) is 11.8. The fourth-order valence-electron chi connectivity index (χ4n) is 2.99. The molecule has 0 amide bonds. The van der Waals surface area contributed by atoms with E-state index in [0.29, 0.717) is 22.1 Å². The van der Waals surface area contributed by atoms with Gasteiger partial charge in [-0.1, -0.05) is 6.07 Å². The Hall–Kier alpha value is -1.76. The van der Waals surface area contributed by atoms with Crippen molar-refractivity contribution in [1.29, 1.82) is 0 Å². The van der Waals surface area contributed by atoms with Crippen LogP contribution in [0.5, 0.6) is 0 Å². The Labute approximate surface area is 149 Å². The molecule has 0 aliphatic carbocycles. The second-order valence-electron chi connectivity index (χ2n) is 5.52. The molecule has 1 fully saturated rings. The van der Waals surface area contributed by atoms with Gasteiger partial charge in [-0.05, 0) is 54.9 Å². The predicted octanol–water partition coefficient (Wildman–Crippen LogP) is 2.41. The summed E-state index contributed by atoms with van der Waals surface area (Å²) in [5, 5.41) is 5.48. The third kappa shape index (κ3) is 3.36. The van der Waals surface area contributed by atoms with Gasteiger partial charge in [0.2, 0.25) is 0 Å². The van der Waals surface area contributed by atoms with Crippen LogP contribution in [0, 0.1) is 11.6 Å². The Morgan fingerprint density at radius 3 is 2.75 bits per heavy atom. The Balaban J connectivity index is 0.000000815. The van der Waals surface area contributed by atoms with Crippen molar-refractivity contribution < 1.29 is 11.6 Å². The maximum Gasteiger partial charge on any atom is 0.269 e. The number of aromatic nitrogens is 3. The number of piperidine rings is 1. The minimum atomic E-state index is -0.0733. The van der Waals surface area contributed by atoms with Crippen LogP contribution in [0.4, 0.5) is 0 Å². The number of pyridine rings is 1. The first-order valence-electron chi connectivity index (χ1n) is 7.87. The lowest BCUT2D eigenvalue weighted by molar-refractivity contribution is -0.325. The van der Waals surface area contributed by atoms with Gasteiger partial charge in [-0.3, -0.25) is 9.78 Å². The molecule has 2 N–H and O–H groups in total. The number of hydrogen-bond acceptors (Lipinski definition) is 5. The Bertz CT molecular complexity index is 856. The van der Waals surface area contributed by atoms with E-state index in [0.717, 1.165) is 31.4 Å². The van der Waals surface area contributed by atoms with E-state index in [4.69, 9.17) is 4.98 Å². The molecular formula is C17H20ClN4OS+. The molecule has 0 bridgehead atoms. The molecular weight excluding hydrogens is 344 g/mol. The first-order valence-corrected chi connectivity index (χ1v) is 9.57. The standard InChI is InChI=1S/C16H16N4OS.CH4Cl/c21-16-14-13(11(9-22-14)10-4-7-17-8-5-10)19-15(20-16)12-3-1-2-6-18-12;1-2/h1-3,6,9-10,17H,4-5,7-8H2,(H,19,20,21);2H,1H3/q;+1. The van der Waals surface area contributed by atoms with Crippen LogP contribution in [0.15, 0.2) is 34.6 Å². The molecule has 3 aromatic heterocycles. The molecule has 0 saturated carbocycles. The van der Waals surface area contributed by atoms with Crippen molar-refractivity contribution in [2.75, 3.05) is 19.5 Å². The summed E-state index contributed by atoms with van der Waals surface area (Å²) < 4.78 is 0.716. The number of aromatic amines is 1. The van der Waals surface area contributed by atoms with Gasteiger partial charge >= 0.3 is 0 Å². The third-order valence-electron chi connectivity index (χ3n) is 4.14. The van der Waals surface area contributed by atoms with E-state index in [9.17, 15) is 4.79 Å². The third-order valence-corrected chi connectivity index (χ3v) is 5.13. The molecule has 0 atom stereocenters. The van der Waals surface area contributed by atoms with Crippen LogP contribution in [0.25, 0.3) is 21.7 Å². The molecule has 0 aromatic carbocycles. The van der Waals surface area contributed by atoms with Gasteiger partial charge in [0.15, 0.2) is 12.2 Å². The molecule has 4 rings (SSSR count). The second kappa shape index (κ2) is 7.88. The van der Waals surface area contributed by atoms with E-state index in [1.165, 1.54) is 16.9 Å². The highest BCUT2D eigenvalue weighted by atomic mass is 35.5. The summed E-state index contributed by atoms with van der Waals surface area (Å²) in [7, 11) is 0. The molecule has 0 spiro atoms. The summed E-state index contributed by atoms with van der Waals surface area (Å²) in [6.07, 6.45) is 5.49. The lowest BCUT2D eigenvalue weighted by Crippen LogP contribution is -2.26. The highest BCUT2D eigenvalue weighted by Crippen LogP contribution is 2.33. The van der Waals surface area contributed by atoms with Gasteiger partial charge in [0.05, 0.1) is 5.52 Å². The molecule has 4 heterocycles. The van der Waals surface area contributed by atoms with Gasteiger partial charge in [0.25, 0.3) is 5.56 Å². The number of halogens is 1. The smallest absolute Gasteiger partial charge is 0.269 e. The molecule has 1 aliphatic heterocycles. The van der Waals surface area contributed by atoms with Crippen LogP contribution in [0.3, 0.4) is 0 Å². The minimum Gasteiger partial charge on any atom is -0.317 e. The summed E-state index contributed by atoms with van der Waals surface area (Å²) >= 11 is 5.57. The van der Waals surface area contributed by atoms with Crippen molar-refractivity contribution in [2.24, 2.45) is 0 Å². The normalized spacial score (nSPS) is 15.1. The van der Waals surface area contributed by atoms with Crippen molar-refractivity contribution in [3.63, 3.8) is 0 Å². The van der Waals surface area contributed by atoms with E-state index in [2.05, 4.69) is 32.3 Å². The maximum atomic E-state index is 12.3. The van der Waals surface area contributed by atoms with Gasteiger partial charge in [0, 0.05) is 6.20 Å². The van der Waals surface area contributed by atoms with Crippen LogP contribution >= 0.6 is 11.3 Å². The van der Waals surface area contributed by atoms with E-state index < -0.39 is 0 Å². The molecule has 24 heavy (non-hydrogen) atoms. The fourth-order valence-corrected chi connectivity index (χ4v) is 3.97. The second-order valence-corrected chi connectivity index (χ2v) is 6.40. The molecule has 1 saturated heterocycles. The van der Waals surface area contributed by atoms with E-state index in [-0.39, 0.29) is 5.56 Å². The van der Waals surface area contributed by atoms with Gasteiger partial charge in [-0.25, -0.2) is 4.98 Å². The number of nitrogens with zero attached hydrogens (tertiary/aromatic N) is 2. The summed E-state index contributed by atoms with van der Waals surface area (Å²) in [6.45, 7) is 2.05. The van der Waals surface area contributed by atoms with E-state index in [1.807, 2.05) is 18.2 Å². The molecule has 3 aromatic rings. The zero-order valence-electron chi connectivity index (χ0n) is 13.4. The summed E-state index contributed by atoms with van der Waals surface area (Å²) in [6, 6.07) is 5.61. The van der Waals surface area contributed by atoms with Crippen LogP contribution in [0.2, 0.25) is 0 Å². The molecule has 7 heteroatoms. The van der Waals surface area contributed by atoms with Gasteiger partial charge < -0.3 is 10.3 Å². The molecule has 0 radical (unpaired) electrons. The molecule has 0 unspecified atom stereocenters. The molecule has 126 valence electrons. The fraction of sp³-hybridized carbons (Fsp3) is 0.353. The Morgan fingerprint density at radius 1 is 1.25 bits per heavy atom. The number of thiophene rings is 1. The van der Waals surface area contributed by atoms with E-state index in [1.54, 1.807) is 12.6 Å². The number of H-pyrrole nitrogens is 1. The summed E-state index contributed by atoms with van der Waals surface area (Å²) in [5.74, 6) is 1.03. The highest BCUT2D eigenvalue weighted by Gasteiger charge is 2.21. The molecule has 5 nitrogen and oxygen atoms in total. The highest BCUT2D eigenvalue weighted by molar-refractivity contribution is 7.17. The summed E-state index contributed by atoms with van der Waals surface area (Å²) in [5.41, 5.74) is 2.69. The van der Waals surface area contributed by atoms with Gasteiger partial charge in [-0.15, -0.1) is 11.3 Å². The van der Waals surface area contributed by atoms with Crippen molar-refractivity contribution in [3.8, 4) is 11.5 Å². The number of hydrogen-bond donors (Lipinski definition) is 2. The lowest BCUT2D eigenvalue weighted by Gasteiger charge is -2.22. The van der Waals surface area contributed by atoms with Gasteiger partial charge in [0.1, 0.15) is 22.0 Å². The predicted molar refractivity (Wildman–Crippen MR) is 95.6 cm³/mol. The van der Waals surface area contributed by atoms with Crippen LogP contribution in [-0.2, 0) is 0 Å². The van der Waals surface area contributed by atoms with Crippen LogP contribution in [-0.4, -0.2) is 34.4 Å². The van der Waals surface area contributed by atoms with Crippen molar-refractivity contribution in [2.45, 2.75) is 18.8 Å². The molecule has 1 aliphatic rings. The topological polar surface area (TPSA) is 70.7 Å². The number of rotatable bonds is 2. The SMILES string of the molecule is C[ClH+].O=c1[nH]c(-c2ccccn2)nc2c(C3CCNCC3)csc12. The number of alkyl halides is 1. The van der Waals surface area contributed by atoms with Gasteiger partial charge in [-0.2, -0.15) is 0 Å². The van der Waals surface area contributed by atoms with Crippen molar-refractivity contribution in [1.82, 2.24) is 20.3 Å². The average Bonchev–Trinajstić information content (AvgIpc) is 3.09. The summed E-state index contributed by atoms with van der Waals surface area (Å²) in [4.78, 5) is 24.2. The maximum absolute atomic E-state index is 12.3. The monoisotopic (exact) mass is 363 g/mol. The number of fused-ring (bicyclic) bond motifs is 1. The largest absolute Gasteiger partial charge is 0.317 e. The van der Waals surface area contributed by atoms with Crippen LogP contribution in [0.1, 0.15) is 24.3 Å². The Morgan fingerprint density at radius 2 is 2.04 bits per heavy atom. The number of nitrogens with one attached hydrogen (secondary N) is 2. The van der Waals surface area contributed by atoms with Crippen LogP contribution < -0.4 is 10.9 Å². The quantitative estimate of drug-likeness (QED) is 0.686. The van der Waals surface area contributed by atoms with Crippen molar-refractivity contribution >= 4 is 21.6 Å². The zero-order chi connectivity index (χ0) is 16.9. The van der Waals surface area contributed by atoms with Crippen molar-refractivity contribution in [3.05, 3.63) is 45.7 Å². The average molecular weight is 364 g/mol. The first kappa shape index (κ1) is 17.1.